The van der Waals surface area contributed by atoms with Crippen molar-refractivity contribution in [1.82, 2.24) is 5.32 Å². The Labute approximate surface area is 167 Å². The van der Waals surface area contributed by atoms with E-state index in [9.17, 15) is 18.0 Å². The van der Waals surface area contributed by atoms with E-state index in [1.54, 1.807) is 42.5 Å². The summed E-state index contributed by atoms with van der Waals surface area (Å²) in [5.41, 5.74) is 1.70. The van der Waals surface area contributed by atoms with Crippen molar-refractivity contribution >= 4 is 33.2 Å². The van der Waals surface area contributed by atoms with Crippen LogP contribution in [0.25, 0.3) is 0 Å². The van der Waals surface area contributed by atoms with Gasteiger partial charge in [-0.05, 0) is 48.4 Å². The molecule has 0 spiro atoms. The van der Waals surface area contributed by atoms with Crippen molar-refractivity contribution in [2.75, 3.05) is 28.7 Å². The Bertz CT molecular complexity index is 1050. The van der Waals surface area contributed by atoms with E-state index in [2.05, 4.69) is 10.6 Å². The van der Waals surface area contributed by atoms with Crippen molar-refractivity contribution < 1.29 is 27.5 Å². The summed E-state index contributed by atoms with van der Waals surface area (Å²) in [5.74, 6) is -0.222. The molecular weight excluding hydrogens is 398 g/mol. The van der Waals surface area contributed by atoms with Crippen molar-refractivity contribution in [2.24, 2.45) is 0 Å². The van der Waals surface area contributed by atoms with E-state index in [4.69, 9.17) is 9.47 Å². The second-order valence-electron chi connectivity index (χ2n) is 6.61. The highest BCUT2D eigenvalue weighted by Gasteiger charge is 2.28. The van der Waals surface area contributed by atoms with Crippen LogP contribution in [0.2, 0.25) is 0 Å². The molecule has 4 rings (SSSR count). The van der Waals surface area contributed by atoms with Gasteiger partial charge in [-0.1, -0.05) is 6.07 Å². The Kier molecular flexibility index (Phi) is 5.01. The maximum Gasteiger partial charge on any atom is 0.313 e. The zero-order valence-electron chi connectivity index (χ0n) is 15.4. The standard InChI is InChI=1S/C19H19N3O6S/c23-18(20-11-13-2-7-16-17(10-13)28-12-27-16)19(24)21-14-3-5-15(6-4-14)22-8-1-9-29(22,25)26/h2-7,10H,1,8-9,11-12H2,(H,20,23)(H,21,24). The number of fused-ring (bicyclic) bond motifs is 1. The Morgan fingerprint density at radius 1 is 1.00 bits per heavy atom. The fourth-order valence-corrected chi connectivity index (χ4v) is 4.71. The number of sulfonamides is 1. The van der Waals surface area contributed by atoms with Gasteiger partial charge < -0.3 is 20.1 Å². The molecular formula is C19H19N3O6S. The minimum Gasteiger partial charge on any atom is -0.454 e. The predicted molar refractivity (Wildman–Crippen MR) is 105 cm³/mol. The summed E-state index contributed by atoms with van der Waals surface area (Å²) in [7, 11) is -3.26. The van der Waals surface area contributed by atoms with Crippen LogP contribution in [-0.2, 0) is 26.2 Å². The predicted octanol–water partition coefficient (Wildman–Crippen LogP) is 1.21. The fourth-order valence-electron chi connectivity index (χ4n) is 3.14. The highest BCUT2D eigenvalue weighted by Crippen LogP contribution is 2.32. The molecule has 2 heterocycles. The molecule has 152 valence electrons. The second kappa shape index (κ2) is 7.63. The van der Waals surface area contributed by atoms with Crippen LogP contribution >= 0.6 is 0 Å². The summed E-state index contributed by atoms with van der Waals surface area (Å²) in [5, 5.41) is 5.04. The first kappa shape index (κ1) is 19.1. The van der Waals surface area contributed by atoms with Crippen LogP contribution in [0.1, 0.15) is 12.0 Å². The van der Waals surface area contributed by atoms with Gasteiger partial charge in [0.05, 0.1) is 11.4 Å². The maximum atomic E-state index is 12.1. The van der Waals surface area contributed by atoms with Crippen LogP contribution in [0.15, 0.2) is 42.5 Å². The molecule has 0 radical (unpaired) electrons. The molecule has 2 aromatic carbocycles. The zero-order chi connectivity index (χ0) is 20.4. The Hall–Kier alpha value is -3.27. The van der Waals surface area contributed by atoms with Gasteiger partial charge in [0.1, 0.15) is 0 Å². The van der Waals surface area contributed by atoms with Gasteiger partial charge in [-0.2, -0.15) is 0 Å². The number of anilines is 2. The Morgan fingerprint density at radius 2 is 1.76 bits per heavy atom. The number of carbonyl (C=O) groups is 2. The van der Waals surface area contributed by atoms with Crippen molar-refractivity contribution in [3.05, 3.63) is 48.0 Å². The lowest BCUT2D eigenvalue weighted by Crippen LogP contribution is -2.35. The third-order valence-electron chi connectivity index (χ3n) is 4.61. The van der Waals surface area contributed by atoms with E-state index in [0.717, 1.165) is 5.56 Å². The van der Waals surface area contributed by atoms with E-state index >= 15 is 0 Å². The highest BCUT2D eigenvalue weighted by atomic mass is 32.2. The molecule has 0 aliphatic carbocycles. The van der Waals surface area contributed by atoms with E-state index in [-0.39, 0.29) is 19.1 Å². The summed E-state index contributed by atoms with van der Waals surface area (Å²) < 4.78 is 35.8. The summed E-state index contributed by atoms with van der Waals surface area (Å²) in [6.45, 7) is 0.765. The van der Waals surface area contributed by atoms with Crippen LogP contribution in [0.3, 0.4) is 0 Å². The normalized spacial score (nSPS) is 16.5. The molecule has 2 aliphatic heterocycles. The summed E-state index contributed by atoms with van der Waals surface area (Å²) in [6.07, 6.45) is 0.588. The fraction of sp³-hybridized carbons (Fsp3) is 0.263. The average Bonchev–Trinajstić information content (AvgIpc) is 3.31. The lowest BCUT2D eigenvalue weighted by atomic mass is 10.2. The lowest BCUT2D eigenvalue weighted by Gasteiger charge is -2.17. The second-order valence-corrected chi connectivity index (χ2v) is 8.63. The van der Waals surface area contributed by atoms with Crippen LogP contribution in [0, 0.1) is 0 Å². The minimum absolute atomic E-state index is 0.134. The number of nitrogens with zero attached hydrogens (tertiary/aromatic N) is 1. The molecule has 0 aromatic heterocycles. The van der Waals surface area contributed by atoms with Gasteiger partial charge in [-0.3, -0.25) is 13.9 Å². The largest absolute Gasteiger partial charge is 0.454 e. The first-order chi connectivity index (χ1) is 13.9. The van der Waals surface area contributed by atoms with E-state index in [1.807, 2.05) is 0 Å². The van der Waals surface area contributed by atoms with Gasteiger partial charge in [0.25, 0.3) is 0 Å². The van der Waals surface area contributed by atoms with Crippen LogP contribution < -0.4 is 24.4 Å². The van der Waals surface area contributed by atoms with E-state index in [1.165, 1.54) is 4.31 Å². The van der Waals surface area contributed by atoms with Crippen molar-refractivity contribution in [3.8, 4) is 11.5 Å². The number of amides is 2. The summed E-state index contributed by atoms with van der Waals surface area (Å²) in [4.78, 5) is 24.1. The molecule has 29 heavy (non-hydrogen) atoms. The first-order valence-electron chi connectivity index (χ1n) is 9.00. The summed E-state index contributed by atoms with van der Waals surface area (Å²) in [6, 6.07) is 11.6. The molecule has 2 aliphatic rings. The zero-order valence-corrected chi connectivity index (χ0v) is 16.2. The molecule has 0 bridgehead atoms. The number of carbonyl (C=O) groups excluding carboxylic acids is 2. The van der Waals surface area contributed by atoms with Gasteiger partial charge in [-0.25, -0.2) is 8.42 Å². The maximum absolute atomic E-state index is 12.1. The van der Waals surface area contributed by atoms with Gasteiger partial charge >= 0.3 is 11.8 Å². The smallest absolute Gasteiger partial charge is 0.313 e. The van der Waals surface area contributed by atoms with Crippen LogP contribution in [0.4, 0.5) is 11.4 Å². The van der Waals surface area contributed by atoms with E-state index in [0.29, 0.717) is 35.8 Å². The van der Waals surface area contributed by atoms with Gasteiger partial charge in [0.2, 0.25) is 16.8 Å². The molecule has 9 nitrogen and oxygen atoms in total. The lowest BCUT2D eigenvalue weighted by molar-refractivity contribution is -0.136. The molecule has 2 N–H and O–H groups in total. The van der Waals surface area contributed by atoms with E-state index < -0.39 is 21.8 Å². The molecule has 0 atom stereocenters. The molecule has 0 unspecified atom stereocenters. The molecule has 0 saturated carbocycles. The molecule has 1 saturated heterocycles. The third-order valence-corrected chi connectivity index (χ3v) is 6.48. The Morgan fingerprint density at radius 3 is 2.48 bits per heavy atom. The summed E-state index contributed by atoms with van der Waals surface area (Å²) >= 11 is 0. The average molecular weight is 417 g/mol. The number of ether oxygens (including phenoxy) is 2. The number of hydrogen-bond donors (Lipinski definition) is 2. The van der Waals surface area contributed by atoms with Gasteiger partial charge in [-0.15, -0.1) is 0 Å². The number of nitrogens with one attached hydrogen (secondary N) is 2. The van der Waals surface area contributed by atoms with Crippen molar-refractivity contribution in [1.29, 1.82) is 0 Å². The quantitative estimate of drug-likeness (QED) is 0.723. The first-order valence-corrected chi connectivity index (χ1v) is 10.6. The number of hydrogen-bond acceptors (Lipinski definition) is 6. The molecule has 2 aromatic rings. The highest BCUT2D eigenvalue weighted by molar-refractivity contribution is 7.93. The minimum atomic E-state index is -3.26. The number of benzene rings is 2. The SMILES string of the molecule is O=C(NCc1ccc2c(c1)OCO2)C(=O)Nc1ccc(N2CCCS2(=O)=O)cc1. The van der Waals surface area contributed by atoms with Gasteiger partial charge in [0, 0.05) is 18.8 Å². The Balaban J connectivity index is 1.32. The van der Waals surface area contributed by atoms with Gasteiger partial charge in [0.15, 0.2) is 11.5 Å². The third kappa shape index (κ3) is 4.11. The number of rotatable bonds is 4. The monoisotopic (exact) mass is 417 g/mol. The molecule has 10 heteroatoms. The molecule has 1 fully saturated rings. The van der Waals surface area contributed by atoms with Crippen molar-refractivity contribution in [3.63, 3.8) is 0 Å². The molecule has 2 amide bonds. The van der Waals surface area contributed by atoms with Crippen LogP contribution in [-0.4, -0.2) is 39.3 Å². The van der Waals surface area contributed by atoms with Crippen LogP contribution in [0.5, 0.6) is 11.5 Å². The topological polar surface area (TPSA) is 114 Å². The van der Waals surface area contributed by atoms with Crippen molar-refractivity contribution in [2.45, 2.75) is 13.0 Å².